The first-order valence-corrected chi connectivity index (χ1v) is 26.4. The minimum Gasteiger partial charge on any atom is -0.390 e. The van der Waals surface area contributed by atoms with E-state index in [0.29, 0.717) is 76.5 Å². The summed E-state index contributed by atoms with van der Waals surface area (Å²) >= 11 is 0. The molecule has 0 unspecified atom stereocenters. The van der Waals surface area contributed by atoms with E-state index in [0.717, 1.165) is 19.3 Å². The van der Waals surface area contributed by atoms with Crippen molar-refractivity contribution in [3.63, 3.8) is 0 Å². The number of aliphatic hydroxyl groups excluding tert-OH is 3. The lowest BCUT2D eigenvalue weighted by atomic mass is 9.69. The summed E-state index contributed by atoms with van der Waals surface area (Å²) in [5.41, 5.74) is -4.74. The highest BCUT2D eigenvalue weighted by Crippen LogP contribution is 2.57. The number of allylic oxidation sites excluding steroid dienone is 1. The molecule has 380 valence electrons. The molecule has 13 nitrogen and oxygen atoms in total. The summed E-state index contributed by atoms with van der Waals surface area (Å²) < 4.78 is 70.5. The van der Waals surface area contributed by atoms with Crippen LogP contribution in [0.25, 0.3) is 0 Å². The van der Waals surface area contributed by atoms with Gasteiger partial charge in [0.15, 0.2) is 0 Å². The molecule has 10 rings (SSSR count). The van der Waals surface area contributed by atoms with Gasteiger partial charge in [-0.1, -0.05) is 32.1 Å². The van der Waals surface area contributed by atoms with Gasteiger partial charge in [-0.3, -0.25) is 0 Å². The molecule has 3 N–H and O–H groups in total. The van der Waals surface area contributed by atoms with Crippen LogP contribution < -0.4 is 0 Å². The van der Waals surface area contributed by atoms with E-state index in [1.54, 1.807) is 0 Å². The largest absolute Gasteiger partial charge is 0.390 e. The van der Waals surface area contributed by atoms with Crippen molar-refractivity contribution in [2.24, 2.45) is 11.8 Å². The Kier molecular flexibility index (Phi) is 12.6. The zero-order valence-corrected chi connectivity index (χ0v) is 42.6. The summed E-state index contributed by atoms with van der Waals surface area (Å²) in [5.74, 6) is 0.603. The van der Waals surface area contributed by atoms with E-state index >= 15 is 0 Å². The predicted molar refractivity (Wildman–Crippen MR) is 250 cm³/mol. The van der Waals surface area contributed by atoms with Crippen LogP contribution in [0.1, 0.15) is 166 Å². The summed E-state index contributed by atoms with van der Waals surface area (Å²) in [5, 5.41) is 33.6. The monoisotopic (exact) mass is 943 g/mol. The fourth-order valence-corrected chi connectivity index (χ4v) is 15.0. The minimum absolute atomic E-state index is 0.154. The Hall–Kier alpha value is -1.04. The molecule has 24 atom stereocenters. The molecule has 10 aliphatic rings. The number of hydrogen-bond acceptors (Lipinski definition) is 13. The molecular formula is C54H86O13. The fraction of sp³-hybridized carbons (Fsp3) is 0.926. The van der Waals surface area contributed by atoms with Crippen LogP contribution in [0.15, 0.2) is 24.8 Å². The third-order valence-electron chi connectivity index (χ3n) is 19.6. The van der Waals surface area contributed by atoms with Crippen molar-refractivity contribution in [3.8, 4) is 0 Å². The van der Waals surface area contributed by atoms with E-state index in [1.807, 2.05) is 19.9 Å². The molecule has 10 heterocycles. The van der Waals surface area contributed by atoms with Crippen molar-refractivity contribution in [1.29, 1.82) is 0 Å². The van der Waals surface area contributed by atoms with Gasteiger partial charge in [0.25, 0.3) is 0 Å². The maximum Gasteiger partial charge on any atom is 0.106 e. The molecule has 0 radical (unpaired) electrons. The highest BCUT2D eigenvalue weighted by molar-refractivity contribution is 5.17. The highest BCUT2D eigenvalue weighted by atomic mass is 16.7. The average Bonchev–Trinajstić information content (AvgIpc) is 3.32. The van der Waals surface area contributed by atoms with Crippen molar-refractivity contribution in [1.82, 2.24) is 0 Å². The van der Waals surface area contributed by atoms with Gasteiger partial charge in [0, 0.05) is 44.9 Å². The smallest absolute Gasteiger partial charge is 0.106 e. The van der Waals surface area contributed by atoms with Gasteiger partial charge in [0.1, 0.15) is 12.2 Å². The molecule has 0 aromatic carbocycles. The molecular weight excluding hydrogens is 857 g/mol. The molecule has 9 saturated heterocycles. The van der Waals surface area contributed by atoms with Crippen LogP contribution in [0.2, 0.25) is 0 Å². The first-order chi connectivity index (χ1) is 31.3. The maximum absolute atomic E-state index is 11.4. The first-order valence-electron chi connectivity index (χ1n) is 26.4. The van der Waals surface area contributed by atoms with Crippen LogP contribution in [0, 0.1) is 11.8 Å². The standard InChI is InChI=1S/C54H86O13/c1-13-15-30(2)31(3)22-32(55)46(57)35-18-19-49(7)40(60-35)25-43-54(12,67-49)29-53(11)39(61-43)23-36-34(63-53)17-14-16-33-37(58-36)27-51(9)42(59-33)26-41-50(8,66-51)21-20-48(6)45(62-41)28-52(10)44(64-48)24-38(56)47(4,5)65-52/h13-14,17,30-46,55-57H,1,15-16,18-29H2,2-12H3/t30-,31+,32+,33+,34-,35-,36+,37-,38+,39-,40-,41+,42-,43+,44-,45-,46-,48+,49+,50-,51+,52+,53+,54-/m0/s1. The van der Waals surface area contributed by atoms with E-state index in [9.17, 15) is 15.3 Å². The number of fused-ring (bicyclic) bond motifs is 9. The number of aliphatic hydroxyl groups is 3. The molecule has 0 bridgehead atoms. The third kappa shape index (κ3) is 8.61. The van der Waals surface area contributed by atoms with Crippen molar-refractivity contribution < 1.29 is 62.7 Å². The fourth-order valence-electron chi connectivity index (χ4n) is 15.0. The zero-order valence-electron chi connectivity index (χ0n) is 42.6. The molecule has 13 heteroatoms. The second kappa shape index (κ2) is 17.0. The zero-order chi connectivity index (χ0) is 47.9. The van der Waals surface area contributed by atoms with E-state index in [1.165, 1.54) is 0 Å². The van der Waals surface area contributed by atoms with E-state index < -0.39 is 69.2 Å². The number of ether oxygens (including phenoxy) is 10. The number of rotatable bonds is 7. The van der Waals surface area contributed by atoms with Crippen molar-refractivity contribution >= 4 is 0 Å². The van der Waals surface area contributed by atoms with Crippen molar-refractivity contribution in [2.75, 3.05) is 0 Å². The Morgan fingerprint density at radius 3 is 1.97 bits per heavy atom. The van der Waals surface area contributed by atoms with Gasteiger partial charge in [-0.2, -0.15) is 0 Å². The molecule has 0 spiro atoms. The normalized spacial score (nSPS) is 55.2. The molecule has 0 saturated carbocycles. The molecule has 67 heavy (non-hydrogen) atoms. The van der Waals surface area contributed by atoms with Gasteiger partial charge in [-0.15, -0.1) is 6.58 Å². The number of hydrogen-bond donors (Lipinski definition) is 3. The SMILES string of the molecule is C=CC[C@H](C)[C@H](C)C[C@@H](O)[C@H](O)[C@@H]1CC[C@@]2(C)O[C@@]3(C)C[C@@]4(C)O[C@H]5C=CC[C@H]6O[C@H]7C[C@H]8O[C@H]9C[C@@]%10(C)OC(C)(C)[C@H](O)C[C@@H]%10O[C@]9(C)CC[C@]8(C)O[C@]7(C)C[C@@H]6O[C@@H]5C[C@@H]4O[C@@H]3C[C@@H]2O1. The predicted octanol–water partition coefficient (Wildman–Crippen LogP) is 7.36. The quantitative estimate of drug-likeness (QED) is 0.218. The third-order valence-corrected chi connectivity index (χ3v) is 19.6. The molecule has 0 aromatic rings. The van der Waals surface area contributed by atoms with Crippen LogP contribution in [0.3, 0.4) is 0 Å². The minimum atomic E-state index is -0.982. The van der Waals surface area contributed by atoms with Crippen LogP contribution in [-0.2, 0) is 47.4 Å². The lowest BCUT2D eigenvalue weighted by Crippen LogP contribution is -2.72. The van der Waals surface area contributed by atoms with Gasteiger partial charge in [0.05, 0.1) is 124 Å². The van der Waals surface area contributed by atoms with Crippen LogP contribution >= 0.6 is 0 Å². The first kappa shape index (κ1) is 49.5. The topological polar surface area (TPSA) is 153 Å². The van der Waals surface area contributed by atoms with Gasteiger partial charge >= 0.3 is 0 Å². The molecule has 9 fully saturated rings. The lowest BCUT2D eigenvalue weighted by molar-refractivity contribution is -0.374. The Balaban J connectivity index is 0.808. The Bertz CT molecular complexity index is 1880. The summed E-state index contributed by atoms with van der Waals surface area (Å²) in [6.07, 6.45) is 10.4. The molecule has 0 amide bonds. The Morgan fingerprint density at radius 2 is 1.22 bits per heavy atom. The summed E-state index contributed by atoms with van der Waals surface area (Å²) in [6.45, 7) is 27.3. The van der Waals surface area contributed by atoms with Crippen molar-refractivity contribution in [2.45, 2.75) is 302 Å². The summed E-state index contributed by atoms with van der Waals surface area (Å²) in [7, 11) is 0. The van der Waals surface area contributed by atoms with E-state index in [-0.39, 0.29) is 73.1 Å². The second-order valence-electron chi connectivity index (χ2n) is 25.6. The van der Waals surface area contributed by atoms with E-state index in [4.69, 9.17) is 47.4 Å². The average molecular weight is 943 g/mol. The van der Waals surface area contributed by atoms with Gasteiger partial charge in [-0.25, -0.2) is 0 Å². The van der Waals surface area contributed by atoms with Gasteiger partial charge in [0.2, 0.25) is 0 Å². The van der Waals surface area contributed by atoms with E-state index in [2.05, 4.69) is 81.0 Å². The van der Waals surface area contributed by atoms with Crippen LogP contribution in [0.5, 0.6) is 0 Å². The lowest BCUT2D eigenvalue weighted by Gasteiger charge is -2.63. The maximum atomic E-state index is 11.4. The second-order valence-corrected chi connectivity index (χ2v) is 25.6. The Labute approximate surface area is 400 Å². The van der Waals surface area contributed by atoms with Gasteiger partial charge in [-0.05, 0) is 119 Å². The van der Waals surface area contributed by atoms with Crippen molar-refractivity contribution in [3.05, 3.63) is 24.8 Å². The molecule has 0 aromatic heterocycles. The molecule has 0 aliphatic carbocycles. The Morgan fingerprint density at radius 1 is 0.597 bits per heavy atom. The van der Waals surface area contributed by atoms with Crippen LogP contribution in [0.4, 0.5) is 0 Å². The summed E-state index contributed by atoms with van der Waals surface area (Å²) in [6, 6.07) is 0. The molecule has 10 aliphatic heterocycles. The van der Waals surface area contributed by atoms with Crippen LogP contribution in [-0.4, -0.2) is 152 Å². The summed E-state index contributed by atoms with van der Waals surface area (Å²) in [4.78, 5) is 0. The highest BCUT2D eigenvalue weighted by Gasteiger charge is 2.67. The van der Waals surface area contributed by atoms with Gasteiger partial charge < -0.3 is 62.7 Å².